The standard InChI is InChI=1S/C20H22ClN3O4/c1-20(2)19(26)23-13-7-5-6-8-15(13)24(20)18(25)11-22-14-10-17(28-4)16(27-3)9-12(14)21/h5-10,22H,11H2,1-4H3,(H,23,26). The predicted molar refractivity (Wildman–Crippen MR) is 110 cm³/mol. The number of nitrogens with one attached hydrogen (secondary N) is 2. The van der Waals surface area contributed by atoms with Gasteiger partial charge in [-0.05, 0) is 26.0 Å². The molecule has 0 radical (unpaired) electrons. The Bertz CT molecular complexity index is 930. The number of carbonyl (C=O) groups excluding carboxylic acids is 2. The molecule has 2 aromatic rings. The van der Waals surface area contributed by atoms with Crippen molar-refractivity contribution >= 4 is 40.5 Å². The highest BCUT2D eigenvalue weighted by Crippen LogP contribution is 2.38. The lowest BCUT2D eigenvalue weighted by Gasteiger charge is -2.42. The van der Waals surface area contributed by atoms with Crippen LogP contribution in [0.1, 0.15) is 13.8 Å². The van der Waals surface area contributed by atoms with Crippen molar-refractivity contribution in [3.05, 3.63) is 41.4 Å². The van der Waals surface area contributed by atoms with Gasteiger partial charge in [0.05, 0.1) is 42.8 Å². The Balaban J connectivity index is 1.86. The number of rotatable bonds is 5. The molecule has 1 aliphatic rings. The van der Waals surface area contributed by atoms with Crippen LogP contribution in [0.15, 0.2) is 36.4 Å². The first-order chi connectivity index (χ1) is 13.3. The molecule has 3 rings (SSSR count). The second-order valence-corrected chi connectivity index (χ2v) is 7.21. The summed E-state index contributed by atoms with van der Waals surface area (Å²) in [5.74, 6) is 0.471. The van der Waals surface area contributed by atoms with E-state index in [1.54, 1.807) is 38.1 Å². The lowest BCUT2D eigenvalue weighted by molar-refractivity contribution is -0.125. The topological polar surface area (TPSA) is 79.9 Å². The summed E-state index contributed by atoms with van der Waals surface area (Å²) < 4.78 is 10.5. The molecule has 28 heavy (non-hydrogen) atoms. The van der Waals surface area contributed by atoms with Gasteiger partial charge in [-0.25, -0.2) is 0 Å². The maximum absolute atomic E-state index is 13.1. The summed E-state index contributed by atoms with van der Waals surface area (Å²) in [4.78, 5) is 27.1. The Hall–Kier alpha value is -2.93. The minimum absolute atomic E-state index is 0.0553. The summed E-state index contributed by atoms with van der Waals surface area (Å²) in [5.41, 5.74) is 0.746. The second-order valence-electron chi connectivity index (χ2n) is 6.80. The number of hydrogen-bond acceptors (Lipinski definition) is 5. The zero-order chi connectivity index (χ0) is 20.5. The van der Waals surface area contributed by atoms with E-state index in [-0.39, 0.29) is 18.4 Å². The van der Waals surface area contributed by atoms with Gasteiger partial charge in [0.2, 0.25) is 11.8 Å². The highest BCUT2D eigenvalue weighted by atomic mass is 35.5. The number of halogens is 1. The molecule has 2 amide bonds. The van der Waals surface area contributed by atoms with Gasteiger partial charge in [-0.15, -0.1) is 0 Å². The van der Waals surface area contributed by atoms with Gasteiger partial charge in [0.15, 0.2) is 11.5 Å². The molecule has 8 heteroatoms. The SMILES string of the molecule is COc1cc(Cl)c(NCC(=O)N2c3ccccc3NC(=O)C2(C)C)cc1OC. The molecular weight excluding hydrogens is 382 g/mol. The quantitative estimate of drug-likeness (QED) is 0.798. The summed E-state index contributed by atoms with van der Waals surface area (Å²) in [6, 6.07) is 10.5. The van der Waals surface area contributed by atoms with Gasteiger partial charge in [0.1, 0.15) is 5.54 Å². The number of carbonyl (C=O) groups is 2. The number of hydrogen-bond donors (Lipinski definition) is 2. The number of benzene rings is 2. The third kappa shape index (κ3) is 3.45. The average Bonchev–Trinajstić information content (AvgIpc) is 2.67. The maximum atomic E-state index is 13.1. The number of methoxy groups -OCH3 is 2. The van der Waals surface area contributed by atoms with Crippen molar-refractivity contribution in [1.29, 1.82) is 0 Å². The Morgan fingerprint density at radius 2 is 1.82 bits per heavy atom. The van der Waals surface area contributed by atoms with E-state index in [2.05, 4.69) is 10.6 Å². The summed E-state index contributed by atoms with van der Waals surface area (Å²) >= 11 is 6.28. The largest absolute Gasteiger partial charge is 0.493 e. The molecule has 0 atom stereocenters. The molecule has 0 saturated heterocycles. The van der Waals surface area contributed by atoms with Gasteiger partial charge < -0.3 is 20.1 Å². The Kier molecular flexibility index (Phi) is 5.38. The zero-order valence-electron chi connectivity index (χ0n) is 16.1. The van der Waals surface area contributed by atoms with Crippen molar-refractivity contribution in [2.45, 2.75) is 19.4 Å². The summed E-state index contributed by atoms with van der Waals surface area (Å²) in [7, 11) is 3.04. The number of nitrogens with zero attached hydrogens (tertiary/aromatic N) is 1. The van der Waals surface area contributed by atoms with Crippen LogP contribution in [0.5, 0.6) is 11.5 Å². The van der Waals surface area contributed by atoms with Crippen LogP contribution < -0.4 is 25.0 Å². The maximum Gasteiger partial charge on any atom is 0.250 e. The summed E-state index contributed by atoms with van der Waals surface area (Å²) in [5, 5.41) is 6.26. The smallest absolute Gasteiger partial charge is 0.250 e. The fourth-order valence-electron chi connectivity index (χ4n) is 3.14. The number of para-hydroxylation sites is 2. The average molecular weight is 404 g/mol. The van der Waals surface area contributed by atoms with Crippen molar-refractivity contribution in [3.8, 4) is 11.5 Å². The molecule has 2 aromatic carbocycles. The molecule has 0 saturated carbocycles. The van der Waals surface area contributed by atoms with Gasteiger partial charge in [-0.3, -0.25) is 14.5 Å². The summed E-state index contributed by atoms with van der Waals surface area (Å²) in [6.07, 6.45) is 0. The number of amides is 2. The van der Waals surface area contributed by atoms with Gasteiger partial charge in [-0.2, -0.15) is 0 Å². The van der Waals surface area contributed by atoms with Crippen LogP contribution in [0.25, 0.3) is 0 Å². The number of fused-ring (bicyclic) bond motifs is 1. The molecule has 0 fully saturated rings. The van der Waals surface area contributed by atoms with Crippen molar-refractivity contribution in [3.63, 3.8) is 0 Å². The Morgan fingerprint density at radius 1 is 1.18 bits per heavy atom. The van der Waals surface area contributed by atoms with E-state index in [0.717, 1.165) is 0 Å². The third-order valence-electron chi connectivity index (χ3n) is 4.66. The molecule has 0 aliphatic carbocycles. The van der Waals surface area contributed by atoms with Gasteiger partial charge in [-0.1, -0.05) is 23.7 Å². The van der Waals surface area contributed by atoms with Crippen LogP contribution in [0, 0.1) is 0 Å². The highest BCUT2D eigenvalue weighted by molar-refractivity contribution is 6.33. The number of anilines is 3. The van der Waals surface area contributed by atoms with E-state index >= 15 is 0 Å². The molecule has 0 spiro atoms. The van der Waals surface area contributed by atoms with E-state index in [4.69, 9.17) is 21.1 Å². The monoisotopic (exact) mass is 403 g/mol. The first-order valence-corrected chi connectivity index (χ1v) is 9.06. The minimum Gasteiger partial charge on any atom is -0.493 e. The van der Waals surface area contributed by atoms with E-state index in [9.17, 15) is 9.59 Å². The molecule has 0 unspecified atom stereocenters. The fourth-order valence-corrected chi connectivity index (χ4v) is 3.36. The normalized spacial score (nSPS) is 14.8. The molecule has 0 bridgehead atoms. The van der Waals surface area contributed by atoms with Gasteiger partial charge >= 0.3 is 0 Å². The Morgan fingerprint density at radius 3 is 2.50 bits per heavy atom. The lowest BCUT2D eigenvalue weighted by atomic mass is 9.96. The molecule has 2 N–H and O–H groups in total. The van der Waals surface area contributed by atoms with Crippen molar-refractivity contribution < 1.29 is 19.1 Å². The van der Waals surface area contributed by atoms with Crippen LogP contribution in [-0.4, -0.2) is 38.1 Å². The molecule has 1 heterocycles. The summed E-state index contributed by atoms with van der Waals surface area (Å²) in [6.45, 7) is 3.36. The highest BCUT2D eigenvalue weighted by Gasteiger charge is 2.43. The fraction of sp³-hybridized carbons (Fsp3) is 0.300. The third-order valence-corrected chi connectivity index (χ3v) is 4.97. The van der Waals surface area contributed by atoms with Crippen molar-refractivity contribution in [2.75, 3.05) is 36.3 Å². The first kappa shape index (κ1) is 19.8. The van der Waals surface area contributed by atoms with Crippen molar-refractivity contribution in [1.82, 2.24) is 0 Å². The van der Waals surface area contributed by atoms with Crippen LogP contribution in [0.2, 0.25) is 5.02 Å². The minimum atomic E-state index is -1.03. The van der Waals surface area contributed by atoms with Crippen LogP contribution in [-0.2, 0) is 9.59 Å². The molecule has 148 valence electrons. The predicted octanol–water partition coefficient (Wildman–Crippen LogP) is 3.53. The van der Waals surface area contributed by atoms with Crippen molar-refractivity contribution in [2.24, 2.45) is 0 Å². The van der Waals surface area contributed by atoms with Crippen LogP contribution in [0.3, 0.4) is 0 Å². The Labute approximate surface area is 168 Å². The second kappa shape index (κ2) is 7.59. The zero-order valence-corrected chi connectivity index (χ0v) is 16.9. The molecular formula is C20H22ClN3O4. The van der Waals surface area contributed by atoms with Crippen LogP contribution in [0.4, 0.5) is 17.1 Å². The van der Waals surface area contributed by atoms with E-state index in [1.165, 1.54) is 19.1 Å². The molecule has 0 aromatic heterocycles. The van der Waals surface area contributed by atoms with Gasteiger partial charge in [0.25, 0.3) is 0 Å². The van der Waals surface area contributed by atoms with E-state index in [0.29, 0.717) is 33.6 Å². The van der Waals surface area contributed by atoms with Crippen LogP contribution >= 0.6 is 11.6 Å². The molecule has 1 aliphatic heterocycles. The first-order valence-electron chi connectivity index (χ1n) is 8.68. The molecule has 7 nitrogen and oxygen atoms in total. The van der Waals surface area contributed by atoms with E-state index < -0.39 is 5.54 Å². The van der Waals surface area contributed by atoms with Gasteiger partial charge in [0, 0.05) is 12.1 Å². The number of ether oxygens (including phenoxy) is 2. The lowest BCUT2D eigenvalue weighted by Crippen LogP contribution is -2.59. The van der Waals surface area contributed by atoms with E-state index in [1.807, 2.05) is 12.1 Å².